The van der Waals surface area contributed by atoms with Crippen molar-refractivity contribution >= 4 is 23.4 Å². The molecule has 0 aliphatic heterocycles. The van der Waals surface area contributed by atoms with E-state index in [0.717, 1.165) is 11.1 Å². The van der Waals surface area contributed by atoms with Gasteiger partial charge in [0.05, 0.1) is 0 Å². The molecule has 0 radical (unpaired) electrons. The van der Waals surface area contributed by atoms with Crippen LogP contribution >= 0.6 is 0 Å². The van der Waals surface area contributed by atoms with Crippen molar-refractivity contribution in [2.45, 2.75) is 13.8 Å². The van der Waals surface area contributed by atoms with E-state index >= 15 is 0 Å². The quantitative estimate of drug-likeness (QED) is 0.153. The van der Waals surface area contributed by atoms with Crippen molar-refractivity contribution in [3.63, 3.8) is 0 Å². The van der Waals surface area contributed by atoms with Crippen LogP contribution in [0.25, 0.3) is 6.08 Å². The number of carbonyl (C=O) groups excluding carboxylic acids is 3. The number of carbonyl (C=O) groups is 3. The molecule has 3 aromatic rings. The maximum atomic E-state index is 12.2. The predicted octanol–water partition coefficient (Wildman–Crippen LogP) is 4.87. The molecule has 0 saturated carbocycles. The van der Waals surface area contributed by atoms with E-state index in [9.17, 15) is 14.4 Å². The summed E-state index contributed by atoms with van der Waals surface area (Å²) in [7, 11) is 0. The monoisotopic (exact) mass is 400 g/mol. The SMILES string of the molecule is CC(=O)C(=C[c-]1cccc1)C(=O)c1ccccc1.CC(=O)[c-]1[cH-][cH-][cH-][cH-]1.[Fe]. The molecule has 3 aromatic carbocycles. The number of benzene rings is 1. The normalized spacial score (nSPS) is 10.2. The molecule has 4 heteroatoms. The minimum absolute atomic E-state index is 0. The molecule has 0 bridgehead atoms. The van der Waals surface area contributed by atoms with Crippen molar-refractivity contribution in [2.24, 2.45) is 0 Å². The van der Waals surface area contributed by atoms with E-state index in [1.807, 2.05) is 54.6 Å². The Morgan fingerprint density at radius 1 is 0.889 bits per heavy atom. The van der Waals surface area contributed by atoms with Gasteiger partial charge in [-0.1, -0.05) is 30.3 Å². The first-order valence-corrected chi connectivity index (χ1v) is 8.26. The van der Waals surface area contributed by atoms with Crippen LogP contribution in [-0.2, 0) is 21.9 Å². The Bertz CT molecular complexity index is 887. The smallest absolute Gasteiger partial charge is 0.156 e. The van der Waals surface area contributed by atoms with Gasteiger partial charge in [0, 0.05) is 22.6 Å². The maximum Gasteiger partial charge on any atom is 0.156 e. The number of allylic oxidation sites excluding steroid dienone is 1. The average molecular weight is 400 g/mol. The van der Waals surface area contributed by atoms with Crippen LogP contribution in [0.2, 0.25) is 0 Å². The molecule has 0 aliphatic carbocycles. The van der Waals surface area contributed by atoms with E-state index in [0.29, 0.717) is 5.56 Å². The van der Waals surface area contributed by atoms with Crippen molar-refractivity contribution in [2.75, 3.05) is 0 Å². The number of Topliss-reactive ketones (excluding diaryl/α,β-unsaturated/α-hetero) is 3. The Kier molecular flexibility index (Phi) is 9.07. The number of rotatable bonds is 5. The summed E-state index contributed by atoms with van der Waals surface area (Å²) >= 11 is 0. The Morgan fingerprint density at radius 2 is 1.44 bits per heavy atom. The van der Waals surface area contributed by atoms with Gasteiger partial charge >= 0.3 is 0 Å². The summed E-state index contributed by atoms with van der Waals surface area (Å²) in [5, 5.41) is 0. The summed E-state index contributed by atoms with van der Waals surface area (Å²) in [6.07, 6.45) is 1.64. The number of hydrogen-bond donors (Lipinski definition) is 0. The molecule has 0 aromatic heterocycles. The molecule has 0 N–H and O–H groups in total. The molecule has 0 unspecified atom stereocenters. The number of ketones is 3. The van der Waals surface area contributed by atoms with Crippen LogP contribution in [0.1, 0.15) is 40.1 Å². The summed E-state index contributed by atoms with van der Waals surface area (Å²) in [6, 6.07) is 23.6. The third kappa shape index (κ3) is 6.78. The second-order valence-electron chi connectivity index (χ2n) is 5.76. The molecular formula is C23H20FeO3-6. The summed E-state index contributed by atoms with van der Waals surface area (Å²) in [5.74, 6) is -0.315. The van der Waals surface area contributed by atoms with Crippen molar-refractivity contribution < 1.29 is 31.5 Å². The van der Waals surface area contributed by atoms with E-state index < -0.39 is 0 Å². The van der Waals surface area contributed by atoms with Gasteiger partial charge in [-0.15, -0.1) is 30.7 Å². The Morgan fingerprint density at radius 3 is 1.89 bits per heavy atom. The Hall–Kier alpha value is -2.81. The zero-order valence-electron chi connectivity index (χ0n) is 15.2. The molecule has 0 saturated heterocycles. The Labute approximate surface area is 169 Å². The molecule has 0 atom stereocenters. The summed E-state index contributed by atoms with van der Waals surface area (Å²) in [6.45, 7) is 2.98. The first kappa shape index (κ1) is 22.2. The van der Waals surface area contributed by atoms with Gasteiger partial charge in [-0.25, -0.2) is 0 Å². The van der Waals surface area contributed by atoms with Crippen molar-refractivity contribution in [1.82, 2.24) is 0 Å². The predicted molar refractivity (Wildman–Crippen MR) is 104 cm³/mol. The van der Waals surface area contributed by atoms with Crippen LogP contribution in [0.4, 0.5) is 0 Å². The zero-order valence-corrected chi connectivity index (χ0v) is 16.3. The van der Waals surface area contributed by atoms with Gasteiger partial charge in [-0.05, 0) is 12.5 Å². The van der Waals surface area contributed by atoms with Gasteiger partial charge in [0.2, 0.25) is 0 Å². The minimum atomic E-state index is -0.232. The van der Waals surface area contributed by atoms with E-state index in [2.05, 4.69) is 0 Å². The second kappa shape index (κ2) is 11.0. The van der Waals surface area contributed by atoms with E-state index in [4.69, 9.17) is 0 Å². The molecule has 0 heterocycles. The van der Waals surface area contributed by atoms with E-state index in [1.165, 1.54) is 6.92 Å². The fourth-order valence-electron chi connectivity index (χ4n) is 2.33. The largest absolute Gasteiger partial charge is 0.718 e. The van der Waals surface area contributed by atoms with Crippen molar-refractivity contribution in [3.8, 4) is 0 Å². The van der Waals surface area contributed by atoms with Crippen molar-refractivity contribution in [1.29, 1.82) is 0 Å². The van der Waals surface area contributed by atoms with Crippen LogP contribution in [0.3, 0.4) is 0 Å². The van der Waals surface area contributed by atoms with Crippen molar-refractivity contribution in [3.05, 3.63) is 101 Å². The van der Waals surface area contributed by atoms with Gasteiger partial charge in [-0.2, -0.15) is 12.1 Å². The molecule has 0 fully saturated rings. The van der Waals surface area contributed by atoms with Crippen LogP contribution in [0.5, 0.6) is 0 Å². The minimum Gasteiger partial charge on any atom is -0.718 e. The van der Waals surface area contributed by atoms with Gasteiger partial charge in [0.15, 0.2) is 5.78 Å². The fourth-order valence-corrected chi connectivity index (χ4v) is 2.33. The fraction of sp³-hybridized carbons (Fsp3) is 0.0870. The molecule has 3 nitrogen and oxygen atoms in total. The second-order valence-corrected chi connectivity index (χ2v) is 5.76. The third-order valence-corrected chi connectivity index (χ3v) is 3.73. The van der Waals surface area contributed by atoms with Crippen LogP contribution < -0.4 is 0 Å². The third-order valence-electron chi connectivity index (χ3n) is 3.73. The molecular weight excluding hydrogens is 380 g/mol. The molecule has 27 heavy (non-hydrogen) atoms. The average Bonchev–Trinajstić information content (AvgIpc) is 3.34. The Balaban J connectivity index is 0.000000342. The first-order valence-electron chi connectivity index (χ1n) is 8.26. The van der Waals surface area contributed by atoms with Gasteiger partial charge in [-0.3, -0.25) is 10.6 Å². The summed E-state index contributed by atoms with van der Waals surface area (Å²) < 4.78 is 0. The number of hydrogen-bond acceptors (Lipinski definition) is 3. The molecule has 3 rings (SSSR count). The standard InChI is InChI=1S/C16H13O2.C7H7O.Fe/c1-12(17)15(11-13-7-5-6-8-13)16(18)14-9-3-2-4-10-14;1-6(8)7-4-2-3-5-7;/h2-11H,1H3;2-5H,1H3;/q-1;-5;. The van der Waals surface area contributed by atoms with Gasteiger partial charge < -0.3 is 39.4 Å². The summed E-state index contributed by atoms with van der Waals surface area (Å²) in [4.78, 5) is 34.3. The molecule has 0 amide bonds. The van der Waals surface area contributed by atoms with Gasteiger partial charge in [0.1, 0.15) is 5.78 Å². The zero-order chi connectivity index (χ0) is 18.9. The molecule has 0 spiro atoms. The maximum absolute atomic E-state index is 12.2. The van der Waals surface area contributed by atoms with E-state index in [1.54, 1.807) is 37.3 Å². The van der Waals surface area contributed by atoms with E-state index in [-0.39, 0.29) is 40.0 Å². The van der Waals surface area contributed by atoms with Crippen LogP contribution in [0.15, 0.2) is 84.4 Å². The summed E-state index contributed by atoms with van der Waals surface area (Å²) in [5.41, 5.74) is 2.41. The van der Waals surface area contributed by atoms with Gasteiger partial charge in [0.25, 0.3) is 0 Å². The van der Waals surface area contributed by atoms with Crippen LogP contribution in [0, 0.1) is 0 Å². The van der Waals surface area contributed by atoms with Crippen LogP contribution in [-0.4, -0.2) is 17.3 Å². The topological polar surface area (TPSA) is 51.2 Å². The molecule has 0 aliphatic rings. The molecule has 144 valence electrons. The first-order chi connectivity index (χ1) is 12.5.